The molecule has 2 N–H and O–H groups in total. The van der Waals surface area contributed by atoms with Gasteiger partial charge in [-0.2, -0.15) is 0 Å². The first-order valence-corrected chi connectivity index (χ1v) is 7.99. The lowest BCUT2D eigenvalue weighted by Gasteiger charge is -2.22. The van der Waals surface area contributed by atoms with Crippen molar-refractivity contribution < 1.29 is 0 Å². The first kappa shape index (κ1) is 14.5. The lowest BCUT2D eigenvalue weighted by Crippen LogP contribution is -2.24. The van der Waals surface area contributed by atoms with Crippen molar-refractivity contribution in [1.29, 1.82) is 0 Å². The Balaban J connectivity index is 2.14. The molecule has 0 bridgehead atoms. The summed E-state index contributed by atoms with van der Waals surface area (Å²) in [6, 6.07) is 10.3. The number of benzene rings is 1. The Bertz CT molecular complexity index is 567. The highest BCUT2D eigenvalue weighted by Gasteiger charge is 2.10. The van der Waals surface area contributed by atoms with Gasteiger partial charge in [-0.05, 0) is 36.1 Å². The van der Waals surface area contributed by atoms with Crippen molar-refractivity contribution in [1.82, 2.24) is 0 Å². The maximum atomic E-state index is 5.80. The fraction of sp³-hybridized carbons (Fsp3) is 0.214. The molecule has 0 amide bonds. The van der Waals surface area contributed by atoms with Crippen LogP contribution in [0.1, 0.15) is 10.4 Å². The molecule has 1 aromatic carbocycles. The van der Waals surface area contributed by atoms with Gasteiger partial charge in [-0.25, -0.2) is 0 Å². The van der Waals surface area contributed by atoms with Gasteiger partial charge in [0.15, 0.2) is 0 Å². The Hall–Kier alpha value is -0.910. The number of thiophene rings is 1. The summed E-state index contributed by atoms with van der Waals surface area (Å²) in [5, 5.41) is 2.11. The minimum Gasteiger partial charge on any atom is -0.389 e. The first-order valence-electron chi connectivity index (χ1n) is 5.91. The van der Waals surface area contributed by atoms with Crippen LogP contribution in [0.2, 0.25) is 0 Å². The van der Waals surface area contributed by atoms with Crippen LogP contribution >= 0.6 is 39.5 Å². The van der Waals surface area contributed by atoms with E-state index in [1.54, 1.807) is 11.3 Å². The number of halogens is 1. The van der Waals surface area contributed by atoms with Gasteiger partial charge < -0.3 is 10.6 Å². The highest BCUT2D eigenvalue weighted by Crippen LogP contribution is 2.24. The summed E-state index contributed by atoms with van der Waals surface area (Å²) in [5.41, 5.74) is 7.79. The second-order valence-electron chi connectivity index (χ2n) is 4.28. The first-order chi connectivity index (χ1) is 9.08. The molecule has 0 saturated carbocycles. The number of nitrogens with zero attached hydrogens (tertiary/aromatic N) is 1. The van der Waals surface area contributed by atoms with Gasteiger partial charge in [0.25, 0.3) is 0 Å². The van der Waals surface area contributed by atoms with Gasteiger partial charge in [0.05, 0.1) is 0 Å². The third kappa shape index (κ3) is 3.78. The molecule has 100 valence electrons. The molecule has 2 rings (SSSR count). The number of thiocarbonyl (C=S) groups is 1. The smallest absolute Gasteiger partial charge is 0.106 e. The molecule has 0 radical (unpaired) electrons. The van der Waals surface area contributed by atoms with Crippen LogP contribution in [0.25, 0.3) is 0 Å². The molecule has 2 nitrogen and oxygen atoms in total. The van der Waals surface area contributed by atoms with Gasteiger partial charge in [0.2, 0.25) is 0 Å². The van der Waals surface area contributed by atoms with E-state index in [0.717, 1.165) is 28.7 Å². The predicted octanol–water partition coefficient (Wildman–Crippen LogP) is 3.82. The molecule has 0 atom stereocenters. The number of rotatable bonds is 5. The van der Waals surface area contributed by atoms with Crippen LogP contribution < -0.4 is 10.6 Å². The Kier molecular flexibility index (Phi) is 4.96. The fourth-order valence-corrected chi connectivity index (χ4v) is 3.11. The molecule has 0 aliphatic carbocycles. The Morgan fingerprint density at radius 2 is 2.21 bits per heavy atom. The van der Waals surface area contributed by atoms with Crippen molar-refractivity contribution >= 4 is 50.2 Å². The van der Waals surface area contributed by atoms with E-state index in [1.165, 1.54) is 4.88 Å². The SMILES string of the molecule is CN(CCc1cccs1)c1ccc(Br)cc1C(N)=S. The maximum Gasteiger partial charge on any atom is 0.106 e. The molecule has 1 heterocycles. The normalized spacial score (nSPS) is 10.4. The number of hydrogen-bond donors (Lipinski definition) is 1. The predicted molar refractivity (Wildman–Crippen MR) is 91.3 cm³/mol. The highest BCUT2D eigenvalue weighted by molar-refractivity contribution is 9.10. The third-order valence-electron chi connectivity index (χ3n) is 2.91. The van der Waals surface area contributed by atoms with E-state index >= 15 is 0 Å². The topological polar surface area (TPSA) is 29.3 Å². The Morgan fingerprint density at radius 1 is 1.42 bits per heavy atom. The molecule has 0 saturated heterocycles. The minimum absolute atomic E-state index is 0.430. The number of anilines is 1. The summed E-state index contributed by atoms with van der Waals surface area (Å²) in [6.07, 6.45) is 1.03. The molecule has 5 heteroatoms. The van der Waals surface area contributed by atoms with Crippen molar-refractivity contribution in [3.8, 4) is 0 Å². The summed E-state index contributed by atoms with van der Waals surface area (Å²) in [7, 11) is 2.07. The van der Waals surface area contributed by atoms with Crippen molar-refractivity contribution in [3.63, 3.8) is 0 Å². The van der Waals surface area contributed by atoms with Gasteiger partial charge >= 0.3 is 0 Å². The fourth-order valence-electron chi connectivity index (χ4n) is 1.89. The van der Waals surface area contributed by atoms with Crippen LogP contribution in [-0.4, -0.2) is 18.6 Å². The van der Waals surface area contributed by atoms with E-state index < -0.39 is 0 Å². The summed E-state index contributed by atoms with van der Waals surface area (Å²) in [6.45, 7) is 0.942. The molecule has 0 aliphatic heterocycles. The molecule has 19 heavy (non-hydrogen) atoms. The monoisotopic (exact) mass is 354 g/mol. The zero-order chi connectivity index (χ0) is 13.8. The zero-order valence-corrected chi connectivity index (χ0v) is 13.8. The van der Waals surface area contributed by atoms with E-state index in [-0.39, 0.29) is 0 Å². The molecule has 0 aliphatic rings. The Labute approximate surface area is 131 Å². The standard InChI is InChI=1S/C14H15BrN2S2/c1-17(7-6-11-3-2-8-19-11)13-5-4-10(15)9-12(13)14(16)18/h2-5,8-9H,6-7H2,1H3,(H2,16,18). The molecule has 0 fully saturated rings. The summed E-state index contributed by atoms with van der Waals surface area (Å²) in [5.74, 6) is 0. The van der Waals surface area contributed by atoms with Gasteiger partial charge in [0.1, 0.15) is 4.99 Å². The summed E-state index contributed by atoms with van der Waals surface area (Å²) >= 11 is 10.4. The maximum absolute atomic E-state index is 5.80. The van der Waals surface area contributed by atoms with Gasteiger partial charge in [-0.15, -0.1) is 11.3 Å². The van der Waals surface area contributed by atoms with Crippen LogP contribution in [0.15, 0.2) is 40.2 Å². The van der Waals surface area contributed by atoms with Crippen LogP contribution in [0.3, 0.4) is 0 Å². The number of hydrogen-bond acceptors (Lipinski definition) is 3. The zero-order valence-electron chi connectivity index (χ0n) is 10.6. The molecular formula is C14H15BrN2S2. The highest BCUT2D eigenvalue weighted by atomic mass is 79.9. The second kappa shape index (κ2) is 6.50. The van der Waals surface area contributed by atoms with Crippen molar-refractivity contribution in [2.45, 2.75) is 6.42 Å². The van der Waals surface area contributed by atoms with Crippen LogP contribution in [0, 0.1) is 0 Å². The van der Waals surface area contributed by atoms with E-state index in [2.05, 4.69) is 45.4 Å². The van der Waals surface area contributed by atoms with Crippen molar-refractivity contribution in [2.75, 3.05) is 18.5 Å². The quantitative estimate of drug-likeness (QED) is 0.827. The minimum atomic E-state index is 0.430. The van der Waals surface area contributed by atoms with E-state index in [4.69, 9.17) is 18.0 Å². The lowest BCUT2D eigenvalue weighted by molar-refractivity contribution is 0.886. The third-order valence-corrected chi connectivity index (χ3v) is 4.56. The van der Waals surface area contributed by atoms with Crippen molar-refractivity contribution in [2.24, 2.45) is 5.73 Å². The molecule has 1 aromatic heterocycles. The molecule has 0 unspecified atom stereocenters. The van der Waals surface area contributed by atoms with Crippen LogP contribution in [0.5, 0.6) is 0 Å². The van der Waals surface area contributed by atoms with E-state index in [1.807, 2.05) is 18.2 Å². The average molecular weight is 355 g/mol. The lowest BCUT2D eigenvalue weighted by atomic mass is 10.1. The van der Waals surface area contributed by atoms with Crippen LogP contribution in [-0.2, 0) is 6.42 Å². The van der Waals surface area contributed by atoms with Gasteiger partial charge in [-0.1, -0.05) is 34.2 Å². The van der Waals surface area contributed by atoms with Gasteiger partial charge in [0, 0.05) is 34.2 Å². The van der Waals surface area contributed by atoms with Crippen molar-refractivity contribution in [3.05, 3.63) is 50.6 Å². The second-order valence-corrected chi connectivity index (χ2v) is 6.66. The summed E-state index contributed by atoms with van der Waals surface area (Å²) in [4.78, 5) is 4.01. The number of likely N-dealkylation sites (N-methyl/N-ethyl adjacent to an activating group) is 1. The summed E-state index contributed by atoms with van der Waals surface area (Å²) < 4.78 is 0.991. The van der Waals surface area contributed by atoms with E-state index in [9.17, 15) is 0 Å². The van der Waals surface area contributed by atoms with E-state index in [0.29, 0.717) is 4.99 Å². The van der Waals surface area contributed by atoms with Crippen LogP contribution in [0.4, 0.5) is 5.69 Å². The Morgan fingerprint density at radius 3 is 2.84 bits per heavy atom. The largest absolute Gasteiger partial charge is 0.389 e. The molecule has 0 spiro atoms. The number of nitrogens with two attached hydrogens (primary N) is 1. The molecular weight excluding hydrogens is 340 g/mol. The molecule has 2 aromatic rings. The average Bonchev–Trinajstić information content (AvgIpc) is 2.88. The van der Waals surface area contributed by atoms with Gasteiger partial charge in [-0.3, -0.25) is 0 Å².